The maximum atomic E-state index is 13.9. The quantitative estimate of drug-likeness (QED) is 0.372. The Balaban J connectivity index is 1.74. The topological polar surface area (TPSA) is 160 Å². The van der Waals surface area contributed by atoms with Crippen LogP contribution in [0.25, 0.3) is 10.8 Å². The van der Waals surface area contributed by atoms with E-state index in [4.69, 9.17) is 14.2 Å². The Hall–Kier alpha value is -4.15. The number of hydrogen-bond donors (Lipinski definition) is 4. The summed E-state index contributed by atoms with van der Waals surface area (Å²) in [5.41, 5.74) is -0.918. The van der Waals surface area contributed by atoms with Crippen molar-refractivity contribution in [1.29, 1.82) is 0 Å². The van der Waals surface area contributed by atoms with Crippen LogP contribution in [0.1, 0.15) is 71.1 Å². The molecule has 182 valence electrons. The second kappa shape index (κ2) is 6.34. The lowest BCUT2D eigenvalue weighted by Crippen LogP contribution is -2.52. The van der Waals surface area contributed by atoms with Crippen LogP contribution in [0.2, 0.25) is 0 Å². The molecule has 4 aliphatic rings. The SMILES string of the molecule is COC1OC(=O)c2c(O)ccc3c4c(c(O)c1c23)C12COC(=O)c3c(O)cc(C)c(c31)C(=O)C4C2O. The predicted octanol–water partition coefficient (Wildman–Crippen LogP) is 2.19. The number of aliphatic hydroxyl groups excluding tert-OH is 1. The average Bonchev–Trinajstić information content (AvgIpc) is 3.02. The third-order valence-electron chi connectivity index (χ3n) is 8.06. The molecule has 1 spiro atoms. The molecule has 2 aliphatic heterocycles. The number of fused-ring (bicyclic) bond motifs is 4. The lowest BCUT2D eigenvalue weighted by Gasteiger charge is -2.43. The zero-order valence-corrected chi connectivity index (χ0v) is 18.9. The number of carbonyl (C=O) groups is 3. The Morgan fingerprint density at radius 1 is 0.972 bits per heavy atom. The summed E-state index contributed by atoms with van der Waals surface area (Å²) in [6.45, 7) is 1.22. The van der Waals surface area contributed by atoms with Gasteiger partial charge in [-0.3, -0.25) is 4.79 Å². The fourth-order valence-corrected chi connectivity index (χ4v) is 6.75. The highest BCUT2D eigenvalue weighted by Crippen LogP contribution is 2.65. The molecule has 2 aliphatic carbocycles. The number of aromatic hydroxyl groups is 3. The van der Waals surface area contributed by atoms with E-state index in [1.54, 1.807) is 6.92 Å². The van der Waals surface area contributed by atoms with Gasteiger partial charge in [-0.15, -0.1) is 0 Å². The number of aryl methyl sites for hydroxylation is 1. The van der Waals surface area contributed by atoms with Crippen LogP contribution >= 0.6 is 0 Å². The van der Waals surface area contributed by atoms with Gasteiger partial charge in [-0.25, -0.2) is 9.59 Å². The van der Waals surface area contributed by atoms with Crippen molar-refractivity contribution in [1.82, 2.24) is 0 Å². The molecule has 10 nitrogen and oxygen atoms in total. The normalized spacial score (nSPS) is 27.0. The number of phenolic OH excluding ortho intramolecular Hbond substituents is 3. The Morgan fingerprint density at radius 2 is 1.72 bits per heavy atom. The highest BCUT2D eigenvalue weighted by atomic mass is 16.7. The second-order valence-electron chi connectivity index (χ2n) is 9.58. The monoisotopic (exact) mass is 490 g/mol. The van der Waals surface area contributed by atoms with Crippen LogP contribution < -0.4 is 0 Å². The van der Waals surface area contributed by atoms with Gasteiger partial charge in [0.15, 0.2) is 5.78 Å². The Labute approximate surface area is 202 Å². The summed E-state index contributed by atoms with van der Waals surface area (Å²) < 4.78 is 16.1. The molecule has 0 saturated carbocycles. The van der Waals surface area contributed by atoms with Crippen molar-refractivity contribution >= 4 is 28.5 Å². The fraction of sp³-hybridized carbons (Fsp3) is 0.269. The summed E-state index contributed by atoms with van der Waals surface area (Å²) in [5, 5.41) is 45.1. The van der Waals surface area contributed by atoms with Gasteiger partial charge in [0, 0.05) is 23.6 Å². The zero-order chi connectivity index (χ0) is 25.4. The van der Waals surface area contributed by atoms with Gasteiger partial charge in [-0.05, 0) is 41.1 Å². The lowest BCUT2D eigenvalue weighted by molar-refractivity contribution is -0.0951. The fourth-order valence-electron chi connectivity index (χ4n) is 6.75. The maximum Gasteiger partial charge on any atom is 0.345 e. The number of aliphatic hydroxyl groups is 1. The molecule has 7 rings (SSSR count). The minimum Gasteiger partial charge on any atom is -0.507 e. The first-order chi connectivity index (χ1) is 17.1. The third kappa shape index (κ3) is 2.02. The highest BCUT2D eigenvalue weighted by Gasteiger charge is 2.66. The minimum absolute atomic E-state index is 0.0372. The van der Waals surface area contributed by atoms with E-state index in [-0.39, 0.29) is 50.1 Å². The van der Waals surface area contributed by atoms with Gasteiger partial charge in [-0.2, -0.15) is 0 Å². The van der Waals surface area contributed by atoms with Gasteiger partial charge in [0.05, 0.1) is 23.0 Å². The van der Waals surface area contributed by atoms with Crippen molar-refractivity contribution < 1.29 is 49.0 Å². The molecule has 0 radical (unpaired) electrons. The highest BCUT2D eigenvalue weighted by molar-refractivity contribution is 6.17. The molecule has 2 bridgehead atoms. The largest absolute Gasteiger partial charge is 0.507 e. The van der Waals surface area contributed by atoms with Crippen LogP contribution in [0.15, 0.2) is 18.2 Å². The van der Waals surface area contributed by atoms with Crippen LogP contribution in [0.4, 0.5) is 0 Å². The smallest absolute Gasteiger partial charge is 0.345 e. The number of benzene rings is 3. The van der Waals surface area contributed by atoms with E-state index in [0.717, 1.165) is 0 Å². The molecule has 0 aromatic heterocycles. The van der Waals surface area contributed by atoms with E-state index in [1.165, 1.54) is 25.3 Å². The van der Waals surface area contributed by atoms with E-state index in [9.17, 15) is 34.8 Å². The van der Waals surface area contributed by atoms with E-state index < -0.39 is 59.6 Å². The molecule has 10 heteroatoms. The number of hydrogen-bond acceptors (Lipinski definition) is 10. The van der Waals surface area contributed by atoms with Gasteiger partial charge in [0.1, 0.15) is 35.0 Å². The van der Waals surface area contributed by atoms with Crippen molar-refractivity contribution in [3.63, 3.8) is 0 Å². The van der Waals surface area contributed by atoms with E-state index >= 15 is 0 Å². The van der Waals surface area contributed by atoms with Gasteiger partial charge in [0.25, 0.3) is 0 Å². The van der Waals surface area contributed by atoms with Gasteiger partial charge < -0.3 is 34.6 Å². The molecule has 4 N–H and O–H groups in total. The Kier molecular flexibility index (Phi) is 3.73. The lowest BCUT2D eigenvalue weighted by atomic mass is 9.63. The molecule has 4 atom stereocenters. The molecule has 3 aromatic carbocycles. The summed E-state index contributed by atoms with van der Waals surface area (Å²) in [6, 6.07) is 4.08. The van der Waals surface area contributed by atoms with Crippen molar-refractivity contribution in [3.05, 3.63) is 62.7 Å². The van der Waals surface area contributed by atoms with Crippen LogP contribution in [-0.4, -0.2) is 58.0 Å². The number of ketones is 1. The molecule has 4 unspecified atom stereocenters. The molecule has 2 heterocycles. The van der Waals surface area contributed by atoms with Crippen LogP contribution in [0.3, 0.4) is 0 Å². The number of ether oxygens (including phenoxy) is 3. The van der Waals surface area contributed by atoms with Crippen LogP contribution in [0, 0.1) is 6.92 Å². The summed E-state index contributed by atoms with van der Waals surface area (Å²) in [4.78, 5) is 39.5. The Morgan fingerprint density at radius 3 is 2.44 bits per heavy atom. The summed E-state index contributed by atoms with van der Waals surface area (Å²) in [6.07, 6.45) is -2.80. The molecule has 0 fully saturated rings. The van der Waals surface area contributed by atoms with Crippen molar-refractivity contribution in [2.24, 2.45) is 0 Å². The predicted molar refractivity (Wildman–Crippen MR) is 119 cm³/mol. The third-order valence-corrected chi connectivity index (χ3v) is 8.06. The number of esters is 2. The number of methoxy groups -OCH3 is 1. The van der Waals surface area contributed by atoms with Gasteiger partial charge in [0.2, 0.25) is 6.29 Å². The number of cyclic esters (lactones) is 2. The standard InChI is InChI=1S/C26H18O10/c1-7-5-10(28)15-18-11(7)20(29)16-13-8-3-4-9(27)14-12(8)17(25(34-2)36-24(14)33)21(30)19(13)26(18,22(16)31)6-35-23(15)32/h3-5,16,22,25,27-28,30-31H,6H2,1-2H3. The van der Waals surface area contributed by atoms with E-state index in [2.05, 4.69) is 0 Å². The Bertz CT molecular complexity index is 1640. The molecule has 0 amide bonds. The maximum absolute atomic E-state index is 13.9. The molecule has 0 saturated heterocycles. The minimum atomic E-state index is -1.58. The molecular weight excluding hydrogens is 472 g/mol. The number of Topliss-reactive ketones (excluding diaryl/α,β-unsaturated/α-hetero) is 1. The average molecular weight is 490 g/mol. The first-order valence-electron chi connectivity index (χ1n) is 11.2. The zero-order valence-electron chi connectivity index (χ0n) is 18.9. The second-order valence-corrected chi connectivity index (χ2v) is 9.58. The van der Waals surface area contributed by atoms with Crippen molar-refractivity contribution in [2.45, 2.75) is 30.7 Å². The summed E-state index contributed by atoms with van der Waals surface area (Å²) >= 11 is 0. The number of carbonyl (C=O) groups excluding carboxylic acids is 3. The molecular formula is C26H18O10. The van der Waals surface area contributed by atoms with Gasteiger partial charge in [-0.1, -0.05) is 6.07 Å². The van der Waals surface area contributed by atoms with Crippen LogP contribution in [-0.2, 0) is 19.6 Å². The van der Waals surface area contributed by atoms with Crippen molar-refractivity contribution in [3.8, 4) is 17.2 Å². The first-order valence-corrected chi connectivity index (χ1v) is 11.2. The first kappa shape index (κ1) is 21.2. The van der Waals surface area contributed by atoms with Crippen LogP contribution in [0.5, 0.6) is 17.2 Å². The van der Waals surface area contributed by atoms with E-state index in [0.29, 0.717) is 10.9 Å². The summed E-state index contributed by atoms with van der Waals surface area (Å²) in [7, 11) is 1.27. The number of rotatable bonds is 1. The van der Waals surface area contributed by atoms with E-state index in [1.807, 2.05) is 0 Å². The molecule has 3 aromatic rings. The summed E-state index contributed by atoms with van der Waals surface area (Å²) in [5.74, 6) is -4.59. The number of phenols is 3. The van der Waals surface area contributed by atoms with Gasteiger partial charge >= 0.3 is 11.9 Å². The molecule has 36 heavy (non-hydrogen) atoms. The van der Waals surface area contributed by atoms with Crippen molar-refractivity contribution in [2.75, 3.05) is 13.7 Å².